The third-order valence-corrected chi connectivity index (χ3v) is 3.16. The highest BCUT2D eigenvalue weighted by molar-refractivity contribution is 5.77. The quantitative estimate of drug-likeness (QED) is 0.688. The van der Waals surface area contributed by atoms with Crippen LogP contribution in [0.2, 0.25) is 0 Å². The van der Waals surface area contributed by atoms with E-state index in [2.05, 4.69) is 10.1 Å². The number of ether oxygens (including phenoxy) is 1. The molecular weight excluding hydrogens is 270 g/mol. The second kappa shape index (κ2) is 5.40. The maximum absolute atomic E-state index is 11.2. The fourth-order valence-corrected chi connectivity index (χ4v) is 2.12. The first-order valence-electron chi connectivity index (χ1n) is 6.73. The molecule has 0 aliphatic heterocycles. The topological polar surface area (TPSA) is 70.2 Å². The van der Waals surface area contributed by atoms with Gasteiger partial charge in [0.05, 0.1) is 0 Å². The molecule has 0 aliphatic rings. The summed E-state index contributed by atoms with van der Waals surface area (Å²) < 4.78 is 12.6. The standard InChI is InChI=1S/C15H15N3O3/c1-3-18-10(2)16-14(17-18)9-20-12-6-4-11-5-7-15(19)21-13(11)8-12/h4-8H,3,9H2,1-2H3. The maximum atomic E-state index is 11.2. The molecule has 6 heteroatoms. The lowest BCUT2D eigenvalue weighted by molar-refractivity contribution is 0.295. The number of hydrogen-bond donors (Lipinski definition) is 0. The van der Waals surface area contributed by atoms with Crippen LogP contribution in [-0.4, -0.2) is 14.8 Å². The smallest absolute Gasteiger partial charge is 0.336 e. The molecule has 0 spiro atoms. The summed E-state index contributed by atoms with van der Waals surface area (Å²) in [6.45, 7) is 4.97. The molecule has 1 aromatic carbocycles. The second-order valence-corrected chi connectivity index (χ2v) is 4.63. The van der Waals surface area contributed by atoms with Crippen molar-refractivity contribution in [1.29, 1.82) is 0 Å². The monoisotopic (exact) mass is 285 g/mol. The number of aromatic nitrogens is 3. The van der Waals surface area contributed by atoms with Crippen LogP contribution in [0.4, 0.5) is 0 Å². The van der Waals surface area contributed by atoms with Gasteiger partial charge in [-0.05, 0) is 32.0 Å². The SMILES string of the molecule is CCn1nc(COc2ccc3ccc(=O)oc3c2)nc1C. The molecule has 0 unspecified atom stereocenters. The van der Waals surface area contributed by atoms with Crippen LogP contribution < -0.4 is 10.4 Å². The van der Waals surface area contributed by atoms with E-state index in [1.165, 1.54) is 6.07 Å². The van der Waals surface area contributed by atoms with Crippen LogP contribution in [0.3, 0.4) is 0 Å². The molecule has 0 bridgehead atoms. The molecule has 21 heavy (non-hydrogen) atoms. The maximum Gasteiger partial charge on any atom is 0.336 e. The number of hydrogen-bond acceptors (Lipinski definition) is 5. The van der Waals surface area contributed by atoms with Crippen molar-refractivity contribution < 1.29 is 9.15 Å². The Balaban J connectivity index is 1.79. The first kappa shape index (κ1) is 13.4. The van der Waals surface area contributed by atoms with Crippen molar-refractivity contribution in [3.63, 3.8) is 0 Å². The van der Waals surface area contributed by atoms with E-state index in [0.717, 1.165) is 17.8 Å². The summed E-state index contributed by atoms with van der Waals surface area (Å²) in [5, 5.41) is 5.18. The van der Waals surface area contributed by atoms with Crippen molar-refractivity contribution in [2.75, 3.05) is 0 Å². The van der Waals surface area contributed by atoms with Gasteiger partial charge in [-0.25, -0.2) is 9.78 Å². The number of aryl methyl sites for hydroxylation is 2. The minimum absolute atomic E-state index is 0.274. The summed E-state index contributed by atoms with van der Waals surface area (Å²) in [5.41, 5.74) is 0.127. The zero-order valence-corrected chi connectivity index (χ0v) is 11.9. The molecule has 0 fully saturated rings. The average Bonchev–Trinajstić information content (AvgIpc) is 2.85. The molecule has 2 heterocycles. The Bertz CT molecular complexity index is 836. The van der Waals surface area contributed by atoms with Crippen LogP contribution in [0.15, 0.2) is 39.5 Å². The lowest BCUT2D eigenvalue weighted by Gasteiger charge is -2.04. The minimum atomic E-state index is -0.376. The predicted octanol–water partition coefficient (Wildman–Crippen LogP) is 2.29. The summed E-state index contributed by atoms with van der Waals surface area (Å²) in [5.74, 6) is 2.10. The lowest BCUT2D eigenvalue weighted by Crippen LogP contribution is -2.01. The van der Waals surface area contributed by atoms with E-state index in [-0.39, 0.29) is 12.2 Å². The van der Waals surface area contributed by atoms with Crippen molar-refractivity contribution in [1.82, 2.24) is 14.8 Å². The van der Waals surface area contributed by atoms with E-state index in [0.29, 0.717) is 17.2 Å². The van der Waals surface area contributed by atoms with Crippen LogP contribution in [-0.2, 0) is 13.2 Å². The summed E-state index contributed by atoms with van der Waals surface area (Å²) >= 11 is 0. The summed E-state index contributed by atoms with van der Waals surface area (Å²) in [6.07, 6.45) is 0. The summed E-state index contributed by atoms with van der Waals surface area (Å²) in [4.78, 5) is 15.5. The van der Waals surface area contributed by atoms with Gasteiger partial charge in [-0.3, -0.25) is 4.68 Å². The van der Waals surface area contributed by atoms with Gasteiger partial charge >= 0.3 is 5.63 Å². The highest BCUT2D eigenvalue weighted by atomic mass is 16.5. The van der Waals surface area contributed by atoms with Gasteiger partial charge in [-0.2, -0.15) is 5.10 Å². The number of benzene rings is 1. The van der Waals surface area contributed by atoms with Crippen molar-refractivity contribution in [3.05, 3.63) is 52.4 Å². The molecule has 0 aliphatic carbocycles. The Morgan fingerprint density at radius 2 is 2.10 bits per heavy atom. The summed E-state index contributed by atoms with van der Waals surface area (Å²) in [7, 11) is 0. The number of nitrogens with zero attached hydrogens (tertiary/aromatic N) is 3. The normalized spacial score (nSPS) is 11.0. The van der Waals surface area contributed by atoms with Gasteiger partial charge in [0.2, 0.25) is 0 Å². The van der Waals surface area contributed by atoms with E-state index in [9.17, 15) is 4.79 Å². The van der Waals surface area contributed by atoms with Crippen molar-refractivity contribution in [2.45, 2.75) is 27.0 Å². The van der Waals surface area contributed by atoms with Crippen LogP contribution in [0.25, 0.3) is 11.0 Å². The van der Waals surface area contributed by atoms with Crippen LogP contribution in [0.1, 0.15) is 18.6 Å². The molecule has 0 radical (unpaired) electrons. The van der Waals surface area contributed by atoms with Gasteiger partial charge in [0.15, 0.2) is 5.82 Å². The highest BCUT2D eigenvalue weighted by Crippen LogP contribution is 2.20. The zero-order valence-electron chi connectivity index (χ0n) is 11.9. The van der Waals surface area contributed by atoms with Gasteiger partial charge < -0.3 is 9.15 Å². The molecule has 0 atom stereocenters. The van der Waals surface area contributed by atoms with Gasteiger partial charge in [-0.15, -0.1) is 0 Å². The van der Waals surface area contributed by atoms with Crippen LogP contribution in [0.5, 0.6) is 5.75 Å². The van der Waals surface area contributed by atoms with E-state index >= 15 is 0 Å². The predicted molar refractivity (Wildman–Crippen MR) is 77.2 cm³/mol. The minimum Gasteiger partial charge on any atom is -0.485 e. The Morgan fingerprint density at radius 1 is 1.29 bits per heavy atom. The van der Waals surface area contributed by atoms with Gasteiger partial charge in [0, 0.05) is 24.1 Å². The fourth-order valence-electron chi connectivity index (χ4n) is 2.12. The largest absolute Gasteiger partial charge is 0.485 e. The van der Waals surface area contributed by atoms with Gasteiger partial charge in [-0.1, -0.05) is 0 Å². The molecular formula is C15H15N3O3. The second-order valence-electron chi connectivity index (χ2n) is 4.63. The molecule has 0 amide bonds. The van der Waals surface area contributed by atoms with E-state index in [1.807, 2.05) is 30.7 Å². The zero-order chi connectivity index (χ0) is 14.8. The first-order chi connectivity index (χ1) is 10.2. The number of rotatable bonds is 4. The fraction of sp³-hybridized carbons (Fsp3) is 0.267. The Hall–Kier alpha value is -2.63. The third-order valence-electron chi connectivity index (χ3n) is 3.16. The lowest BCUT2D eigenvalue weighted by atomic mass is 10.2. The molecule has 3 aromatic rings. The van der Waals surface area contributed by atoms with Crippen molar-refractivity contribution in [3.8, 4) is 5.75 Å². The average molecular weight is 285 g/mol. The summed E-state index contributed by atoms with van der Waals surface area (Å²) in [6, 6.07) is 8.48. The number of fused-ring (bicyclic) bond motifs is 1. The van der Waals surface area contributed by atoms with Gasteiger partial charge in [0.1, 0.15) is 23.8 Å². The molecule has 108 valence electrons. The van der Waals surface area contributed by atoms with Crippen LogP contribution >= 0.6 is 0 Å². The molecule has 3 rings (SSSR count). The van der Waals surface area contributed by atoms with Crippen molar-refractivity contribution in [2.24, 2.45) is 0 Å². The van der Waals surface area contributed by atoms with Gasteiger partial charge in [0.25, 0.3) is 0 Å². The van der Waals surface area contributed by atoms with Crippen LogP contribution in [0, 0.1) is 6.92 Å². The van der Waals surface area contributed by atoms with E-state index in [4.69, 9.17) is 9.15 Å². The third kappa shape index (κ3) is 2.79. The van der Waals surface area contributed by atoms with E-state index < -0.39 is 0 Å². The molecule has 0 saturated carbocycles. The molecule has 2 aromatic heterocycles. The van der Waals surface area contributed by atoms with E-state index in [1.54, 1.807) is 12.1 Å². The highest BCUT2D eigenvalue weighted by Gasteiger charge is 2.06. The Labute approximate surface area is 121 Å². The molecule has 0 saturated heterocycles. The Kier molecular flexibility index (Phi) is 3.43. The first-order valence-corrected chi connectivity index (χ1v) is 6.73. The molecule has 0 N–H and O–H groups in total. The molecule has 6 nitrogen and oxygen atoms in total. The van der Waals surface area contributed by atoms with Crippen molar-refractivity contribution >= 4 is 11.0 Å². The Morgan fingerprint density at radius 3 is 2.86 bits per heavy atom.